The first-order valence-electron chi connectivity index (χ1n) is 6.42. The maximum atomic E-state index is 11.4. The standard InChI is InChI=1S/C13H24N2O4/c1-9(13(2,3)4)8-14-12(19)15-10(16)6-5-7-11(17)18/h9H,5-8H2,1-4H3,(H,17,18)(H2,14,15,16,19). The number of aliphatic carboxylic acids is 1. The van der Waals surface area contributed by atoms with E-state index in [2.05, 4.69) is 31.4 Å². The van der Waals surface area contributed by atoms with Gasteiger partial charge in [-0.05, 0) is 17.8 Å². The smallest absolute Gasteiger partial charge is 0.321 e. The Morgan fingerprint density at radius 1 is 1.16 bits per heavy atom. The van der Waals surface area contributed by atoms with Crippen molar-refractivity contribution in [3.63, 3.8) is 0 Å². The Balaban J connectivity index is 3.86. The van der Waals surface area contributed by atoms with E-state index in [1.807, 2.05) is 6.92 Å². The quantitative estimate of drug-likeness (QED) is 0.686. The van der Waals surface area contributed by atoms with Gasteiger partial charge in [-0.25, -0.2) is 4.79 Å². The Bertz CT molecular complexity index is 334. The third-order valence-corrected chi connectivity index (χ3v) is 3.09. The van der Waals surface area contributed by atoms with Crippen LogP contribution in [0, 0.1) is 11.3 Å². The number of hydrogen-bond acceptors (Lipinski definition) is 3. The van der Waals surface area contributed by atoms with E-state index in [1.165, 1.54) is 0 Å². The van der Waals surface area contributed by atoms with E-state index in [1.54, 1.807) is 0 Å². The van der Waals surface area contributed by atoms with Crippen LogP contribution in [0.15, 0.2) is 0 Å². The normalized spacial score (nSPS) is 12.6. The molecule has 0 aliphatic heterocycles. The molecule has 6 heteroatoms. The van der Waals surface area contributed by atoms with Gasteiger partial charge in [-0.2, -0.15) is 0 Å². The molecule has 6 nitrogen and oxygen atoms in total. The summed E-state index contributed by atoms with van der Waals surface area (Å²) in [6, 6.07) is -0.531. The molecule has 0 rings (SSSR count). The summed E-state index contributed by atoms with van der Waals surface area (Å²) in [4.78, 5) is 33.0. The molecule has 1 atom stereocenters. The number of urea groups is 1. The first kappa shape index (κ1) is 17.4. The number of carbonyl (C=O) groups excluding carboxylic acids is 2. The molecule has 0 aromatic heterocycles. The number of nitrogens with one attached hydrogen (secondary N) is 2. The molecule has 0 aromatic carbocycles. The molecule has 19 heavy (non-hydrogen) atoms. The molecule has 0 saturated heterocycles. The zero-order chi connectivity index (χ0) is 15.1. The molecular weight excluding hydrogens is 248 g/mol. The molecule has 0 bridgehead atoms. The third kappa shape index (κ3) is 9.04. The van der Waals surface area contributed by atoms with Gasteiger partial charge in [-0.1, -0.05) is 27.7 Å². The van der Waals surface area contributed by atoms with Gasteiger partial charge in [-0.15, -0.1) is 0 Å². The molecule has 0 saturated carbocycles. The molecule has 0 heterocycles. The van der Waals surface area contributed by atoms with Gasteiger partial charge in [0.2, 0.25) is 5.91 Å². The second-order valence-corrected chi connectivity index (χ2v) is 5.77. The minimum Gasteiger partial charge on any atom is -0.481 e. The van der Waals surface area contributed by atoms with Crippen molar-refractivity contribution < 1.29 is 19.5 Å². The van der Waals surface area contributed by atoms with E-state index in [-0.39, 0.29) is 30.6 Å². The fourth-order valence-corrected chi connectivity index (χ4v) is 1.19. The van der Waals surface area contributed by atoms with E-state index in [9.17, 15) is 14.4 Å². The highest BCUT2D eigenvalue weighted by molar-refractivity contribution is 5.94. The summed E-state index contributed by atoms with van der Waals surface area (Å²) in [5, 5.41) is 13.2. The van der Waals surface area contributed by atoms with Crippen molar-refractivity contribution in [2.24, 2.45) is 11.3 Å². The molecule has 0 spiro atoms. The summed E-state index contributed by atoms with van der Waals surface area (Å²) in [5.74, 6) is -1.13. The summed E-state index contributed by atoms with van der Waals surface area (Å²) in [6.07, 6.45) is 0.192. The molecule has 0 aliphatic carbocycles. The average molecular weight is 272 g/mol. The molecule has 110 valence electrons. The predicted octanol–water partition coefficient (Wildman–Crippen LogP) is 1.75. The fraction of sp³-hybridized carbons (Fsp3) is 0.769. The lowest BCUT2D eigenvalue weighted by Crippen LogP contribution is -2.42. The number of carboxylic acids is 1. The SMILES string of the molecule is CC(CNC(=O)NC(=O)CCCC(=O)O)C(C)(C)C. The summed E-state index contributed by atoms with van der Waals surface area (Å²) in [5.41, 5.74) is 0.0821. The Labute approximate surface area is 113 Å². The first-order valence-corrected chi connectivity index (χ1v) is 6.42. The molecule has 0 fully saturated rings. The highest BCUT2D eigenvalue weighted by Gasteiger charge is 2.20. The van der Waals surface area contributed by atoms with Gasteiger partial charge in [0.25, 0.3) is 0 Å². The van der Waals surface area contributed by atoms with Crippen LogP contribution >= 0.6 is 0 Å². The lowest BCUT2D eigenvalue weighted by Gasteiger charge is -2.27. The van der Waals surface area contributed by atoms with Crippen LogP contribution in [0.25, 0.3) is 0 Å². The van der Waals surface area contributed by atoms with E-state index in [0.717, 1.165) is 0 Å². The van der Waals surface area contributed by atoms with Crippen molar-refractivity contribution >= 4 is 17.9 Å². The number of hydrogen-bond donors (Lipinski definition) is 3. The number of imide groups is 1. The van der Waals surface area contributed by atoms with Crippen LogP contribution in [-0.4, -0.2) is 29.6 Å². The summed E-state index contributed by atoms with van der Waals surface area (Å²) >= 11 is 0. The average Bonchev–Trinajstić information content (AvgIpc) is 2.23. The number of rotatable bonds is 6. The summed E-state index contributed by atoms with van der Waals surface area (Å²) < 4.78 is 0. The van der Waals surface area contributed by atoms with Gasteiger partial charge in [0.15, 0.2) is 0 Å². The Hall–Kier alpha value is -1.59. The van der Waals surface area contributed by atoms with Crippen LogP contribution in [0.4, 0.5) is 4.79 Å². The minimum absolute atomic E-state index is 0.0363. The largest absolute Gasteiger partial charge is 0.481 e. The van der Waals surface area contributed by atoms with Gasteiger partial charge in [0.1, 0.15) is 0 Å². The monoisotopic (exact) mass is 272 g/mol. The summed E-state index contributed by atoms with van der Waals surface area (Å²) in [6.45, 7) is 8.74. The number of amides is 3. The summed E-state index contributed by atoms with van der Waals surface area (Å²) in [7, 11) is 0. The van der Waals surface area contributed by atoms with Crippen LogP contribution in [0.5, 0.6) is 0 Å². The van der Waals surface area contributed by atoms with Crippen LogP contribution in [-0.2, 0) is 9.59 Å². The van der Waals surface area contributed by atoms with Crippen molar-refractivity contribution in [2.75, 3.05) is 6.54 Å². The lowest BCUT2D eigenvalue weighted by molar-refractivity contribution is -0.137. The number of carboxylic acid groups (broad SMARTS) is 1. The van der Waals surface area contributed by atoms with Crippen LogP contribution in [0.1, 0.15) is 47.0 Å². The molecule has 1 unspecified atom stereocenters. The highest BCUT2D eigenvalue weighted by atomic mass is 16.4. The van der Waals surface area contributed by atoms with Gasteiger partial charge in [0, 0.05) is 19.4 Å². The maximum absolute atomic E-state index is 11.4. The topological polar surface area (TPSA) is 95.5 Å². The van der Waals surface area contributed by atoms with Crippen molar-refractivity contribution in [2.45, 2.75) is 47.0 Å². The lowest BCUT2D eigenvalue weighted by atomic mass is 9.82. The van der Waals surface area contributed by atoms with Crippen molar-refractivity contribution in [1.29, 1.82) is 0 Å². The van der Waals surface area contributed by atoms with Gasteiger partial charge in [-0.3, -0.25) is 14.9 Å². The molecule has 0 aliphatic rings. The third-order valence-electron chi connectivity index (χ3n) is 3.09. The molecule has 0 radical (unpaired) electrons. The van der Waals surface area contributed by atoms with Crippen molar-refractivity contribution in [1.82, 2.24) is 10.6 Å². The minimum atomic E-state index is -0.948. The predicted molar refractivity (Wildman–Crippen MR) is 71.6 cm³/mol. The van der Waals surface area contributed by atoms with Gasteiger partial charge in [0.05, 0.1) is 0 Å². The van der Waals surface area contributed by atoms with E-state index in [0.29, 0.717) is 6.54 Å². The van der Waals surface area contributed by atoms with Gasteiger partial charge >= 0.3 is 12.0 Å². The van der Waals surface area contributed by atoms with Crippen LogP contribution in [0.2, 0.25) is 0 Å². The Kier molecular flexibility index (Phi) is 7.11. The zero-order valence-electron chi connectivity index (χ0n) is 12.1. The second kappa shape index (κ2) is 7.76. The van der Waals surface area contributed by atoms with Crippen molar-refractivity contribution in [3.05, 3.63) is 0 Å². The second-order valence-electron chi connectivity index (χ2n) is 5.77. The maximum Gasteiger partial charge on any atom is 0.321 e. The molecule has 0 aromatic rings. The zero-order valence-corrected chi connectivity index (χ0v) is 12.1. The Morgan fingerprint density at radius 3 is 2.21 bits per heavy atom. The number of carbonyl (C=O) groups is 3. The highest BCUT2D eigenvalue weighted by Crippen LogP contribution is 2.24. The van der Waals surface area contributed by atoms with E-state index < -0.39 is 17.9 Å². The van der Waals surface area contributed by atoms with E-state index in [4.69, 9.17) is 5.11 Å². The Morgan fingerprint density at radius 2 is 1.74 bits per heavy atom. The fourth-order valence-electron chi connectivity index (χ4n) is 1.19. The first-order chi connectivity index (χ1) is 8.62. The van der Waals surface area contributed by atoms with Crippen LogP contribution < -0.4 is 10.6 Å². The van der Waals surface area contributed by atoms with E-state index >= 15 is 0 Å². The molecule has 3 amide bonds. The van der Waals surface area contributed by atoms with Crippen LogP contribution in [0.3, 0.4) is 0 Å². The van der Waals surface area contributed by atoms with Gasteiger partial charge < -0.3 is 10.4 Å². The molecular formula is C13H24N2O4. The van der Waals surface area contributed by atoms with Crippen molar-refractivity contribution in [3.8, 4) is 0 Å². The molecule has 3 N–H and O–H groups in total.